The zero-order valence-corrected chi connectivity index (χ0v) is 10.2. The molecule has 3 nitrogen and oxygen atoms in total. The van der Waals surface area contributed by atoms with Crippen LogP contribution in [-0.2, 0) is 11.2 Å². The van der Waals surface area contributed by atoms with Crippen LogP contribution in [-0.4, -0.2) is 18.9 Å². The van der Waals surface area contributed by atoms with Crippen molar-refractivity contribution in [3.05, 3.63) is 42.5 Å². The molecular formula is C14H19NO2. The van der Waals surface area contributed by atoms with Crippen LogP contribution in [0, 0.1) is 0 Å². The zero-order chi connectivity index (χ0) is 12.7. The fourth-order valence-corrected chi connectivity index (χ4v) is 1.56. The number of ether oxygens (including phenoxy) is 1. The van der Waals surface area contributed by atoms with Crippen LogP contribution in [0.25, 0.3) is 0 Å². The minimum atomic E-state index is -0.427. The van der Waals surface area contributed by atoms with E-state index in [9.17, 15) is 4.79 Å². The van der Waals surface area contributed by atoms with E-state index in [0.29, 0.717) is 19.3 Å². The number of rotatable bonds is 7. The molecule has 1 rings (SSSR count). The molecule has 3 heteroatoms. The average Bonchev–Trinajstić information content (AvgIpc) is 2.36. The minimum absolute atomic E-state index is 0.0840. The first-order chi connectivity index (χ1) is 8.17. The second-order valence-electron chi connectivity index (χ2n) is 3.95. The van der Waals surface area contributed by atoms with Crippen LogP contribution < -0.4 is 10.5 Å². The van der Waals surface area contributed by atoms with Crippen LogP contribution in [0.15, 0.2) is 36.9 Å². The van der Waals surface area contributed by atoms with Crippen LogP contribution in [0.1, 0.15) is 18.4 Å². The number of Topliss-reactive ketones (excluding diaryl/α,β-unsaturated/α-hetero) is 1. The van der Waals surface area contributed by atoms with Crippen molar-refractivity contribution in [2.24, 2.45) is 5.73 Å². The first-order valence-corrected chi connectivity index (χ1v) is 5.69. The Morgan fingerprint density at radius 2 is 2.12 bits per heavy atom. The Morgan fingerprint density at radius 1 is 1.47 bits per heavy atom. The highest BCUT2D eigenvalue weighted by atomic mass is 16.5. The van der Waals surface area contributed by atoms with Gasteiger partial charge >= 0.3 is 0 Å². The van der Waals surface area contributed by atoms with Gasteiger partial charge in [-0.15, -0.1) is 6.58 Å². The van der Waals surface area contributed by atoms with Crippen molar-refractivity contribution in [2.45, 2.75) is 25.3 Å². The third kappa shape index (κ3) is 4.41. The Labute approximate surface area is 102 Å². The number of methoxy groups -OCH3 is 1. The molecule has 1 unspecified atom stereocenters. The monoisotopic (exact) mass is 233 g/mol. The van der Waals surface area contributed by atoms with Crippen LogP contribution >= 0.6 is 0 Å². The molecule has 1 aromatic rings. The quantitative estimate of drug-likeness (QED) is 0.734. The van der Waals surface area contributed by atoms with Crippen LogP contribution in [0.2, 0.25) is 0 Å². The van der Waals surface area contributed by atoms with Gasteiger partial charge in [0.05, 0.1) is 13.2 Å². The molecular weight excluding hydrogens is 214 g/mol. The number of allylic oxidation sites excluding steroid dienone is 1. The molecule has 0 fully saturated rings. The summed E-state index contributed by atoms with van der Waals surface area (Å²) in [6.07, 6.45) is 3.47. The minimum Gasteiger partial charge on any atom is -0.497 e. The third-order valence-corrected chi connectivity index (χ3v) is 2.62. The summed E-state index contributed by atoms with van der Waals surface area (Å²) in [5.74, 6) is 0.890. The molecule has 0 heterocycles. The van der Waals surface area contributed by atoms with Gasteiger partial charge in [0, 0.05) is 6.42 Å². The number of carbonyl (C=O) groups excluding carboxylic acids is 1. The summed E-state index contributed by atoms with van der Waals surface area (Å²) in [6.45, 7) is 3.59. The number of carbonyl (C=O) groups is 1. The maximum absolute atomic E-state index is 11.6. The van der Waals surface area contributed by atoms with E-state index in [1.54, 1.807) is 13.2 Å². The molecule has 0 saturated heterocycles. The number of ketones is 1. The Morgan fingerprint density at radius 3 is 2.65 bits per heavy atom. The van der Waals surface area contributed by atoms with Gasteiger partial charge in [0.25, 0.3) is 0 Å². The summed E-state index contributed by atoms with van der Waals surface area (Å²) in [7, 11) is 1.62. The highest BCUT2D eigenvalue weighted by Gasteiger charge is 2.12. The van der Waals surface area contributed by atoms with Gasteiger partial charge in [0.1, 0.15) is 11.5 Å². The van der Waals surface area contributed by atoms with Gasteiger partial charge in [-0.05, 0) is 30.5 Å². The molecule has 2 N–H and O–H groups in total. The first kappa shape index (κ1) is 13.5. The van der Waals surface area contributed by atoms with E-state index in [-0.39, 0.29) is 5.78 Å². The lowest BCUT2D eigenvalue weighted by molar-refractivity contribution is -0.120. The number of nitrogens with two attached hydrogens (primary N) is 1. The fourth-order valence-electron chi connectivity index (χ4n) is 1.56. The van der Waals surface area contributed by atoms with E-state index in [1.807, 2.05) is 24.3 Å². The lowest BCUT2D eigenvalue weighted by Crippen LogP contribution is -2.32. The van der Waals surface area contributed by atoms with Crippen molar-refractivity contribution in [1.29, 1.82) is 0 Å². The third-order valence-electron chi connectivity index (χ3n) is 2.62. The molecule has 1 atom stereocenters. The van der Waals surface area contributed by atoms with Crippen molar-refractivity contribution in [3.63, 3.8) is 0 Å². The first-order valence-electron chi connectivity index (χ1n) is 5.69. The number of hydrogen-bond donors (Lipinski definition) is 1. The second-order valence-corrected chi connectivity index (χ2v) is 3.95. The summed E-state index contributed by atoms with van der Waals surface area (Å²) in [4.78, 5) is 11.6. The molecule has 92 valence electrons. The van der Waals surface area contributed by atoms with Crippen LogP contribution in [0.3, 0.4) is 0 Å². The highest BCUT2D eigenvalue weighted by Crippen LogP contribution is 2.13. The van der Waals surface area contributed by atoms with E-state index in [2.05, 4.69) is 6.58 Å². The molecule has 0 aliphatic heterocycles. The van der Waals surface area contributed by atoms with E-state index < -0.39 is 6.04 Å². The molecule has 0 aliphatic rings. The Bertz CT molecular complexity index is 370. The standard InChI is InChI=1S/C14H19NO2/c1-3-4-5-14(16)13(15)10-11-6-8-12(17-2)9-7-11/h3,6-9,13H,1,4-5,10,15H2,2H3. The summed E-state index contributed by atoms with van der Waals surface area (Å²) in [5, 5.41) is 0. The Kier molecular flexibility index (Phi) is 5.43. The van der Waals surface area contributed by atoms with Crippen molar-refractivity contribution < 1.29 is 9.53 Å². The molecule has 1 aromatic carbocycles. The van der Waals surface area contributed by atoms with E-state index in [0.717, 1.165) is 11.3 Å². The fraction of sp³-hybridized carbons (Fsp3) is 0.357. The molecule has 0 aromatic heterocycles. The second kappa shape index (κ2) is 6.86. The van der Waals surface area contributed by atoms with Crippen molar-refractivity contribution >= 4 is 5.78 Å². The van der Waals surface area contributed by atoms with E-state index >= 15 is 0 Å². The van der Waals surface area contributed by atoms with Crippen molar-refractivity contribution in [3.8, 4) is 5.75 Å². The summed E-state index contributed by atoms with van der Waals surface area (Å²) < 4.78 is 5.07. The van der Waals surface area contributed by atoms with Crippen molar-refractivity contribution in [2.75, 3.05) is 7.11 Å². The maximum atomic E-state index is 11.6. The van der Waals surface area contributed by atoms with E-state index in [4.69, 9.17) is 10.5 Å². The summed E-state index contributed by atoms with van der Waals surface area (Å²) in [6, 6.07) is 7.18. The Balaban J connectivity index is 2.51. The maximum Gasteiger partial charge on any atom is 0.150 e. The highest BCUT2D eigenvalue weighted by molar-refractivity contribution is 5.84. The lowest BCUT2D eigenvalue weighted by atomic mass is 10.0. The largest absolute Gasteiger partial charge is 0.497 e. The van der Waals surface area contributed by atoms with Crippen LogP contribution in [0.5, 0.6) is 5.75 Å². The average molecular weight is 233 g/mol. The number of benzene rings is 1. The van der Waals surface area contributed by atoms with Crippen molar-refractivity contribution in [1.82, 2.24) is 0 Å². The predicted molar refractivity (Wildman–Crippen MR) is 69.1 cm³/mol. The summed E-state index contributed by atoms with van der Waals surface area (Å²) in [5.41, 5.74) is 6.89. The van der Waals surface area contributed by atoms with Gasteiger partial charge in [-0.25, -0.2) is 0 Å². The lowest BCUT2D eigenvalue weighted by Gasteiger charge is -2.10. The van der Waals surface area contributed by atoms with Gasteiger partial charge in [0.2, 0.25) is 0 Å². The van der Waals surface area contributed by atoms with E-state index in [1.165, 1.54) is 0 Å². The normalized spacial score (nSPS) is 11.9. The van der Waals surface area contributed by atoms with Gasteiger partial charge in [-0.2, -0.15) is 0 Å². The smallest absolute Gasteiger partial charge is 0.150 e. The van der Waals surface area contributed by atoms with Gasteiger partial charge in [-0.1, -0.05) is 18.2 Å². The SMILES string of the molecule is C=CCCC(=O)C(N)Cc1ccc(OC)cc1. The Hall–Kier alpha value is -1.61. The molecule has 17 heavy (non-hydrogen) atoms. The topological polar surface area (TPSA) is 52.3 Å². The molecule has 0 aliphatic carbocycles. The number of hydrogen-bond acceptors (Lipinski definition) is 3. The molecule has 0 bridgehead atoms. The predicted octanol–water partition coefficient (Wildman–Crippen LogP) is 2.10. The van der Waals surface area contributed by atoms with Gasteiger partial charge in [-0.3, -0.25) is 4.79 Å². The molecule has 0 radical (unpaired) electrons. The van der Waals surface area contributed by atoms with Gasteiger partial charge in [0.15, 0.2) is 0 Å². The molecule has 0 saturated carbocycles. The van der Waals surface area contributed by atoms with Gasteiger partial charge < -0.3 is 10.5 Å². The zero-order valence-electron chi connectivity index (χ0n) is 10.2. The summed E-state index contributed by atoms with van der Waals surface area (Å²) >= 11 is 0. The van der Waals surface area contributed by atoms with Crippen LogP contribution in [0.4, 0.5) is 0 Å². The molecule has 0 spiro atoms. The molecule has 0 amide bonds.